The summed E-state index contributed by atoms with van der Waals surface area (Å²) in [6, 6.07) is 12.3. The summed E-state index contributed by atoms with van der Waals surface area (Å²) < 4.78 is 62.3. The van der Waals surface area contributed by atoms with Crippen LogP contribution in [0.3, 0.4) is 0 Å². The molecule has 1 aliphatic rings. The number of hydrogen-bond acceptors (Lipinski definition) is 2. The van der Waals surface area contributed by atoms with E-state index in [9.17, 15) is 17.6 Å². The first-order chi connectivity index (χ1) is 13.5. The average molecular weight is 387 g/mol. The average Bonchev–Trinajstić information content (AvgIpc) is 2.71. The van der Waals surface area contributed by atoms with Crippen LogP contribution in [0, 0.1) is 23.3 Å². The topological polar surface area (TPSA) is 12.5 Å². The molecule has 1 atom stereocenters. The van der Waals surface area contributed by atoms with Gasteiger partial charge in [-0.15, -0.1) is 0 Å². The van der Waals surface area contributed by atoms with E-state index in [2.05, 4.69) is 0 Å². The number of fused-ring (bicyclic) bond motifs is 1. The molecule has 0 amide bonds. The van der Waals surface area contributed by atoms with Crippen molar-refractivity contribution >= 4 is 5.69 Å². The van der Waals surface area contributed by atoms with E-state index in [1.54, 1.807) is 24.1 Å². The quantitative estimate of drug-likeness (QED) is 0.558. The summed E-state index contributed by atoms with van der Waals surface area (Å²) >= 11 is 0. The highest BCUT2D eigenvalue weighted by Crippen LogP contribution is 2.41. The summed E-state index contributed by atoms with van der Waals surface area (Å²) in [7, 11) is 1.54. The van der Waals surface area contributed by atoms with Crippen LogP contribution in [0.2, 0.25) is 0 Å². The number of anilines is 1. The Balaban J connectivity index is 1.93. The van der Waals surface area contributed by atoms with Gasteiger partial charge in [-0.1, -0.05) is 24.3 Å². The Hall–Kier alpha value is -3.02. The summed E-state index contributed by atoms with van der Waals surface area (Å²) in [6.45, 7) is 0.307. The number of hydrogen-bond donors (Lipinski definition) is 0. The monoisotopic (exact) mass is 387 g/mol. The molecule has 0 aliphatic carbocycles. The van der Waals surface area contributed by atoms with Gasteiger partial charge in [0.05, 0.1) is 18.8 Å². The van der Waals surface area contributed by atoms with Gasteiger partial charge in [-0.05, 0) is 47.9 Å². The van der Waals surface area contributed by atoms with Crippen LogP contribution < -0.4 is 9.64 Å². The maximum absolute atomic E-state index is 14.7. The minimum Gasteiger partial charge on any atom is -0.497 e. The maximum atomic E-state index is 14.7. The van der Waals surface area contributed by atoms with E-state index in [1.165, 1.54) is 24.3 Å². The van der Waals surface area contributed by atoms with Crippen molar-refractivity contribution in [2.45, 2.75) is 12.5 Å². The minimum absolute atomic E-state index is 0.00938. The lowest BCUT2D eigenvalue weighted by Crippen LogP contribution is -2.37. The second-order valence-electron chi connectivity index (χ2n) is 6.63. The van der Waals surface area contributed by atoms with Gasteiger partial charge in [-0.25, -0.2) is 17.6 Å². The molecule has 4 rings (SSSR count). The SMILES string of the molecule is COc1ccc2c(c1)CCN(c1cccc(F)c1F)[C@@H]2c1cccc(F)c1F. The largest absolute Gasteiger partial charge is 0.497 e. The number of rotatable bonds is 3. The van der Waals surface area contributed by atoms with Gasteiger partial charge < -0.3 is 9.64 Å². The molecule has 1 heterocycles. The summed E-state index contributed by atoms with van der Waals surface area (Å²) in [5, 5.41) is 0. The van der Waals surface area contributed by atoms with E-state index in [0.717, 1.165) is 17.7 Å². The van der Waals surface area contributed by atoms with Crippen LogP contribution in [0.1, 0.15) is 22.7 Å². The van der Waals surface area contributed by atoms with Crippen molar-refractivity contribution in [3.05, 3.63) is 94.6 Å². The van der Waals surface area contributed by atoms with Crippen molar-refractivity contribution in [3.8, 4) is 5.75 Å². The number of benzene rings is 3. The van der Waals surface area contributed by atoms with Crippen LogP contribution in [-0.2, 0) is 6.42 Å². The van der Waals surface area contributed by atoms with Gasteiger partial charge in [-0.2, -0.15) is 0 Å². The highest BCUT2D eigenvalue weighted by Gasteiger charge is 2.33. The molecule has 0 bridgehead atoms. The van der Waals surface area contributed by atoms with Gasteiger partial charge >= 0.3 is 0 Å². The third-order valence-corrected chi connectivity index (χ3v) is 5.10. The molecule has 3 aromatic carbocycles. The minimum atomic E-state index is -1.01. The molecule has 0 saturated heterocycles. The van der Waals surface area contributed by atoms with Crippen LogP contribution in [0.4, 0.5) is 23.2 Å². The predicted octanol–water partition coefficient (Wildman–Crippen LogP) is 5.40. The molecular formula is C22H17F4NO. The van der Waals surface area contributed by atoms with Crippen LogP contribution >= 0.6 is 0 Å². The summed E-state index contributed by atoms with van der Waals surface area (Å²) in [4.78, 5) is 1.57. The van der Waals surface area contributed by atoms with Crippen molar-refractivity contribution < 1.29 is 22.3 Å². The number of methoxy groups -OCH3 is 1. The zero-order valence-electron chi connectivity index (χ0n) is 15.1. The first-order valence-corrected chi connectivity index (χ1v) is 8.82. The fourth-order valence-corrected chi connectivity index (χ4v) is 3.77. The zero-order chi connectivity index (χ0) is 19.8. The van der Waals surface area contributed by atoms with Crippen LogP contribution in [0.5, 0.6) is 5.75 Å². The van der Waals surface area contributed by atoms with Crippen LogP contribution in [0.15, 0.2) is 54.6 Å². The lowest BCUT2D eigenvalue weighted by Gasteiger charge is -2.39. The molecule has 3 aromatic rings. The molecule has 28 heavy (non-hydrogen) atoms. The Kier molecular flexibility index (Phi) is 4.71. The van der Waals surface area contributed by atoms with E-state index in [-0.39, 0.29) is 11.3 Å². The van der Waals surface area contributed by atoms with Gasteiger partial charge in [0.1, 0.15) is 5.75 Å². The fraction of sp³-hybridized carbons (Fsp3) is 0.182. The van der Waals surface area contributed by atoms with Gasteiger partial charge in [0.2, 0.25) is 0 Å². The van der Waals surface area contributed by atoms with Crippen LogP contribution in [0.25, 0.3) is 0 Å². The summed E-state index contributed by atoms with van der Waals surface area (Å²) in [6.07, 6.45) is 0.524. The highest BCUT2D eigenvalue weighted by molar-refractivity contribution is 5.58. The molecule has 0 fully saturated rings. The molecule has 0 radical (unpaired) electrons. The number of ether oxygens (including phenoxy) is 1. The number of nitrogens with zero attached hydrogens (tertiary/aromatic N) is 1. The van der Waals surface area contributed by atoms with Crippen molar-refractivity contribution in [2.24, 2.45) is 0 Å². The molecule has 0 spiro atoms. The molecule has 1 aliphatic heterocycles. The normalized spacial score (nSPS) is 16.0. The summed E-state index contributed by atoms with van der Waals surface area (Å²) in [5.41, 5.74) is 1.66. The molecule has 0 unspecified atom stereocenters. The molecule has 2 nitrogen and oxygen atoms in total. The Morgan fingerprint density at radius 2 is 1.57 bits per heavy atom. The van der Waals surface area contributed by atoms with E-state index >= 15 is 0 Å². The van der Waals surface area contributed by atoms with Crippen molar-refractivity contribution in [1.29, 1.82) is 0 Å². The van der Waals surface area contributed by atoms with Crippen molar-refractivity contribution in [1.82, 2.24) is 0 Å². The molecular weight excluding hydrogens is 370 g/mol. The van der Waals surface area contributed by atoms with Crippen LogP contribution in [-0.4, -0.2) is 13.7 Å². The molecule has 0 aromatic heterocycles. The first-order valence-electron chi connectivity index (χ1n) is 8.82. The smallest absolute Gasteiger partial charge is 0.182 e. The Labute approximate surface area is 160 Å². The van der Waals surface area contributed by atoms with Gasteiger partial charge in [0.15, 0.2) is 23.3 Å². The maximum Gasteiger partial charge on any atom is 0.182 e. The third-order valence-electron chi connectivity index (χ3n) is 5.10. The Morgan fingerprint density at radius 1 is 0.857 bits per heavy atom. The van der Waals surface area contributed by atoms with E-state index < -0.39 is 29.3 Å². The lowest BCUT2D eigenvalue weighted by atomic mass is 9.87. The predicted molar refractivity (Wildman–Crippen MR) is 98.6 cm³/mol. The van der Waals surface area contributed by atoms with Gasteiger partial charge in [0.25, 0.3) is 0 Å². The Bertz CT molecular complexity index is 1040. The van der Waals surface area contributed by atoms with E-state index in [1.807, 2.05) is 6.07 Å². The lowest BCUT2D eigenvalue weighted by molar-refractivity contribution is 0.413. The molecule has 6 heteroatoms. The van der Waals surface area contributed by atoms with Crippen molar-refractivity contribution in [3.63, 3.8) is 0 Å². The fourth-order valence-electron chi connectivity index (χ4n) is 3.77. The van der Waals surface area contributed by atoms with Gasteiger partial charge in [-0.3, -0.25) is 0 Å². The third kappa shape index (κ3) is 2.99. The molecule has 144 valence electrons. The molecule has 0 N–H and O–H groups in total. The second kappa shape index (κ2) is 7.19. The van der Waals surface area contributed by atoms with E-state index in [0.29, 0.717) is 24.3 Å². The standard InChI is InChI=1S/C22H17F4NO/c1-28-14-8-9-15-13(12-14)10-11-27(19-7-3-6-18(24)21(19)26)22(15)16-4-2-5-17(23)20(16)25/h2-9,12,22H,10-11H2,1H3/t22-/m0/s1. The number of halogens is 4. The summed E-state index contributed by atoms with van der Waals surface area (Å²) in [5.74, 6) is -3.35. The first kappa shape index (κ1) is 18.3. The van der Waals surface area contributed by atoms with Gasteiger partial charge in [0, 0.05) is 12.1 Å². The van der Waals surface area contributed by atoms with E-state index in [4.69, 9.17) is 4.74 Å². The second-order valence-corrected chi connectivity index (χ2v) is 6.63. The zero-order valence-corrected chi connectivity index (χ0v) is 15.1. The Morgan fingerprint density at radius 3 is 2.32 bits per heavy atom. The molecule has 0 saturated carbocycles. The highest BCUT2D eigenvalue weighted by atomic mass is 19.2. The van der Waals surface area contributed by atoms with Crippen molar-refractivity contribution in [2.75, 3.05) is 18.6 Å².